The van der Waals surface area contributed by atoms with E-state index in [2.05, 4.69) is 5.32 Å². The van der Waals surface area contributed by atoms with Crippen LogP contribution in [0.1, 0.15) is 31.2 Å². The quantitative estimate of drug-likeness (QED) is 0.645. The summed E-state index contributed by atoms with van der Waals surface area (Å²) in [5.74, 6) is -0.0831. The lowest BCUT2D eigenvalue weighted by Crippen LogP contribution is -2.39. The Hall–Kier alpha value is -1.95. The van der Waals surface area contributed by atoms with E-state index in [9.17, 15) is 20.0 Å². The highest BCUT2D eigenvalue weighted by atomic mass is 16.6. The maximum Gasteiger partial charge on any atom is 0.269 e. The van der Waals surface area contributed by atoms with Gasteiger partial charge >= 0.3 is 0 Å². The van der Waals surface area contributed by atoms with Crippen LogP contribution < -0.4 is 5.32 Å². The van der Waals surface area contributed by atoms with Gasteiger partial charge in [-0.3, -0.25) is 14.9 Å². The monoisotopic (exact) mass is 278 g/mol. The number of aliphatic hydroxyl groups excluding tert-OH is 1. The number of benzene rings is 1. The summed E-state index contributed by atoms with van der Waals surface area (Å²) in [5.41, 5.74) is 0.777. The second kappa shape index (κ2) is 6.47. The van der Waals surface area contributed by atoms with E-state index in [-0.39, 0.29) is 30.2 Å². The Bertz CT molecular complexity index is 478. The fourth-order valence-electron chi connectivity index (χ4n) is 2.42. The van der Waals surface area contributed by atoms with E-state index >= 15 is 0 Å². The lowest BCUT2D eigenvalue weighted by molar-refractivity contribution is -0.384. The molecule has 0 heterocycles. The molecule has 1 saturated carbocycles. The SMILES string of the molecule is O=C(Cc1ccc([N+](=O)[O-])cc1)NC1CCC(O)CC1. The minimum Gasteiger partial charge on any atom is -0.393 e. The van der Waals surface area contributed by atoms with Gasteiger partial charge in [0.05, 0.1) is 17.4 Å². The molecule has 0 radical (unpaired) electrons. The topological polar surface area (TPSA) is 92.5 Å². The maximum absolute atomic E-state index is 11.9. The highest BCUT2D eigenvalue weighted by Gasteiger charge is 2.20. The summed E-state index contributed by atoms with van der Waals surface area (Å²) in [7, 11) is 0. The number of hydrogen-bond acceptors (Lipinski definition) is 4. The molecule has 2 N–H and O–H groups in total. The van der Waals surface area contributed by atoms with Crippen LogP contribution in [0.15, 0.2) is 24.3 Å². The number of carbonyl (C=O) groups is 1. The van der Waals surface area contributed by atoms with Crippen molar-refractivity contribution in [2.75, 3.05) is 0 Å². The van der Waals surface area contributed by atoms with Gasteiger partial charge in [-0.1, -0.05) is 12.1 Å². The number of amides is 1. The molecule has 2 rings (SSSR count). The molecule has 20 heavy (non-hydrogen) atoms. The molecule has 0 aliphatic heterocycles. The molecular formula is C14H18N2O4. The van der Waals surface area contributed by atoms with Gasteiger partial charge in [0.2, 0.25) is 5.91 Å². The van der Waals surface area contributed by atoms with Crippen LogP contribution in [-0.4, -0.2) is 28.1 Å². The van der Waals surface area contributed by atoms with E-state index in [1.165, 1.54) is 12.1 Å². The summed E-state index contributed by atoms with van der Waals surface area (Å²) >= 11 is 0. The molecule has 1 aliphatic rings. The van der Waals surface area contributed by atoms with Crippen molar-refractivity contribution in [2.24, 2.45) is 0 Å². The number of rotatable bonds is 4. The molecule has 1 aromatic carbocycles. The zero-order valence-electron chi connectivity index (χ0n) is 11.1. The number of carbonyl (C=O) groups excluding carboxylic acids is 1. The van der Waals surface area contributed by atoms with Crippen molar-refractivity contribution in [3.8, 4) is 0 Å². The Kier molecular flexibility index (Phi) is 4.68. The molecule has 1 amide bonds. The van der Waals surface area contributed by atoms with Crippen molar-refractivity contribution in [1.82, 2.24) is 5.32 Å². The second-order valence-corrected chi connectivity index (χ2v) is 5.17. The van der Waals surface area contributed by atoms with Crippen LogP contribution in [0.5, 0.6) is 0 Å². The number of non-ortho nitro benzene ring substituents is 1. The van der Waals surface area contributed by atoms with Gasteiger partial charge in [-0.25, -0.2) is 0 Å². The average Bonchev–Trinajstić information content (AvgIpc) is 2.42. The maximum atomic E-state index is 11.9. The summed E-state index contributed by atoms with van der Waals surface area (Å²) in [4.78, 5) is 21.9. The molecule has 0 bridgehead atoms. The summed E-state index contributed by atoms with van der Waals surface area (Å²) in [6, 6.07) is 6.13. The van der Waals surface area contributed by atoms with E-state index in [4.69, 9.17) is 0 Å². The predicted octanol–water partition coefficient (Wildman–Crippen LogP) is 1.56. The van der Waals surface area contributed by atoms with Crippen molar-refractivity contribution >= 4 is 11.6 Å². The zero-order chi connectivity index (χ0) is 14.5. The van der Waals surface area contributed by atoms with Crippen LogP contribution in [0.4, 0.5) is 5.69 Å². The Morgan fingerprint density at radius 3 is 2.40 bits per heavy atom. The third-order valence-electron chi connectivity index (χ3n) is 3.57. The van der Waals surface area contributed by atoms with Crippen molar-refractivity contribution in [1.29, 1.82) is 0 Å². The summed E-state index contributed by atoms with van der Waals surface area (Å²) in [6.07, 6.45) is 3.03. The minimum absolute atomic E-state index is 0.0235. The van der Waals surface area contributed by atoms with E-state index in [0.717, 1.165) is 31.2 Å². The van der Waals surface area contributed by atoms with E-state index in [1.807, 2.05) is 0 Å². The first-order valence-corrected chi connectivity index (χ1v) is 6.75. The van der Waals surface area contributed by atoms with Gasteiger partial charge in [0.1, 0.15) is 0 Å². The minimum atomic E-state index is -0.461. The molecule has 108 valence electrons. The molecule has 1 aromatic rings. The molecule has 1 aliphatic carbocycles. The van der Waals surface area contributed by atoms with Crippen molar-refractivity contribution in [3.05, 3.63) is 39.9 Å². The molecule has 6 heteroatoms. The zero-order valence-corrected chi connectivity index (χ0v) is 11.1. The fraction of sp³-hybridized carbons (Fsp3) is 0.500. The van der Waals surface area contributed by atoms with Crippen LogP contribution in [0.2, 0.25) is 0 Å². The first kappa shape index (κ1) is 14.5. The van der Waals surface area contributed by atoms with E-state index in [1.54, 1.807) is 12.1 Å². The molecule has 0 spiro atoms. The van der Waals surface area contributed by atoms with Crippen LogP contribution >= 0.6 is 0 Å². The average molecular weight is 278 g/mol. The second-order valence-electron chi connectivity index (χ2n) is 5.17. The lowest BCUT2D eigenvalue weighted by atomic mass is 9.93. The molecule has 1 fully saturated rings. The third-order valence-corrected chi connectivity index (χ3v) is 3.57. The number of nitro benzene ring substituents is 1. The molecule has 0 aromatic heterocycles. The van der Waals surface area contributed by atoms with Gasteiger partial charge < -0.3 is 10.4 Å². The normalized spacial score (nSPS) is 22.2. The number of nitrogens with zero attached hydrogens (tertiary/aromatic N) is 1. The van der Waals surface area contributed by atoms with Crippen LogP contribution in [-0.2, 0) is 11.2 Å². The van der Waals surface area contributed by atoms with Gasteiger partial charge in [0.15, 0.2) is 0 Å². The Labute approximate surface area is 117 Å². The number of nitro groups is 1. The van der Waals surface area contributed by atoms with Gasteiger partial charge in [0, 0.05) is 18.2 Å². The van der Waals surface area contributed by atoms with Crippen molar-refractivity contribution in [3.63, 3.8) is 0 Å². The molecule has 0 saturated heterocycles. The first-order chi connectivity index (χ1) is 9.54. The highest BCUT2D eigenvalue weighted by molar-refractivity contribution is 5.78. The van der Waals surface area contributed by atoms with Crippen molar-refractivity contribution in [2.45, 2.75) is 44.2 Å². The van der Waals surface area contributed by atoms with Crippen molar-refractivity contribution < 1.29 is 14.8 Å². The fourth-order valence-corrected chi connectivity index (χ4v) is 2.42. The Morgan fingerprint density at radius 1 is 1.25 bits per heavy atom. The van der Waals surface area contributed by atoms with E-state index in [0.29, 0.717) is 0 Å². The summed E-state index contributed by atoms with van der Waals surface area (Å²) < 4.78 is 0. The first-order valence-electron chi connectivity index (χ1n) is 6.75. The molecule has 6 nitrogen and oxygen atoms in total. The standard InChI is InChI=1S/C14H18N2O4/c17-13-7-3-11(4-8-13)15-14(18)9-10-1-5-12(6-2-10)16(19)20/h1-2,5-6,11,13,17H,3-4,7-9H2,(H,15,18). The lowest BCUT2D eigenvalue weighted by Gasteiger charge is -2.26. The number of hydrogen-bond donors (Lipinski definition) is 2. The summed E-state index contributed by atoms with van der Waals surface area (Å²) in [6.45, 7) is 0. The van der Waals surface area contributed by atoms with E-state index < -0.39 is 4.92 Å². The third kappa shape index (κ3) is 4.03. The smallest absolute Gasteiger partial charge is 0.269 e. The number of aliphatic hydroxyl groups is 1. The molecule has 0 atom stereocenters. The Balaban J connectivity index is 1.83. The van der Waals surface area contributed by atoms with Crippen LogP contribution in [0, 0.1) is 10.1 Å². The summed E-state index contributed by atoms with van der Waals surface area (Å²) in [5, 5.41) is 22.9. The van der Waals surface area contributed by atoms with Gasteiger partial charge in [0.25, 0.3) is 5.69 Å². The van der Waals surface area contributed by atoms with Gasteiger partial charge in [-0.2, -0.15) is 0 Å². The van der Waals surface area contributed by atoms with Crippen LogP contribution in [0.3, 0.4) is 0 Å². The number of nitrogens with one attached hydrogen (secondary N) is 1. The molecule has 0 unspecified atom stereocenters. The molecular weight excluding hydrogens is 260 g/mol. The predicted molar refractivity (Wildman–Crippen MR) is 73.2 cm³/mol. The largest absolute Gasteiger partial charge is 0.393 e. The van der Waals surface area contributed by atoms with Crippen LogP contribution in [0.25, 0.3) is 0 Å². The highest BCUT2D eigenvalue weighted by Crippen LogP contribution is 2.18. The van der Waals surface area contributed by atoms with Gasteiger partial charge in [-0.15, -0.1) is 0 Å². The Morgan fingerprint density at radius 2 is 1.85 bits per heavy atom. The van der Waals surface area contributed by atoms with Gasteiger partial charge in [-0.05, 0) is 31.2 Å².